The van der Waals surface area contributed by atoms with Crippen LogP contribution in [0.1, 0.15) is 20.3 Å². The van der Waals surface area contributed by atoms with Crippen LogP contribution < -0.4 is 11.1 Å². The van der Waals surface area contributed by atoms with Crippen LogP contribution in [0.2, 0.25) is 0 Å². The predicted octanol–water partition coefficient (Wildman–Crippen LogP) is 0.619. The Kier molecular flexibility index (Phi) is 9.30. The van der Waals surface area contributed by atoms with E-state index in [0.29, 0.717) is 6.54 Å². The van der Waals surface area contributed by atoms with Crippen molar-refractivity contribution in [3.63, 3.8) is 0 Å². The van der Waals surface area contributed by atoms with Crippen molar-refractivity contribution in [2.45, 2.75) is 38.0 Å². The minimum absolute atomic E-state index is 0. The molecule has 0 bridgehead atoms. The van der Waals surface area contributed by atoms with Crippen LogP contribution in [0.5, 0.6) is 0 Å². The van der Waals surface area contributed by atoms with Crippen LogP contribution >= 0.6 is 24.8 Å². The number of nitriles is 1. The molecule has 1 aliphatic heterocycles. The standard InChI is InChI=1S/C11H19FN4O.2ClH/c1-11(2,7-14)15-5-10(17)16-6-8(12)3-9(16)4-13;;/h8-9,15H,3,5-7,14H2,1-2H3;2*1H. The van der Waals surface area contributed by atoms with Crippen LogP contribution in [0.3, 0.4) is 0 Å². The van der Waals surface area contributed by atoms with Gasteiger partial charge in [0.2, 0.25) is 5.91 Å². The second-order valence-corrected chi connectivity index (χ2v) is 4.97. The van der Waals surface area contributed by atoms with Gasteiger partial charge in [0.05, 0.1) is 19.2 Å². The van der Waals surface area contributed by atoms with Crippen LogP contribution in [-0.4, -0.2) is 48.2 Å². The summed E-state index contributed by atoms with van der Waals surface area (Å²) in [6.07, 6.45) is -0.978. The molecular weight excluding hydrogens is 294 g/mol. The fraction of sp³-hybridized carbons (Fsp3) is 0.818. The number of carbonyl (C=O) groups is 1. The first-order chi connectivity index (χ1) is 7.89. The lowest BCUT2D eigenvalue weighted by Crippen LogP contribution is -2.51. The first kappa shape index (κ1) is 20.7. The molecule has 0 saturated carbocycles. The van der Waals surface area contributed by atoms with E-state index in [9.17, 15) is 9.18 Å². The molecule has 19 heavy (non-hydrogen) atoms. The van der Waals surface area contributed by atoms with E-state index in [1.54, 1.807) is 0 Å². The van der Waals surface area contributed by atoms with Gasteiger partial charge in [0.25, 0.3) is 0 Å². The van der Waals surface area contributed by atoms with E-state index in [4.69, 9.17) is 11.0 Å². The summed E-state index contributed by atoms with van der Waals surface area (Å²) in [5.41, 5.74) is 5.18. The lowest BCUT2D eigenvalue weighted by molar-refractivity contribution is -0.130. The van der Waals surface area contributed by atoms with Crippen molar-refractivity contribution in [1.29, 1.82) is 5.26 Å². The molecule has 112 valence electrons. The van der Waals surface area contributed by atoms with Gasteiger partial charge in [0.1, 0.15) is 12.2 Å². The van der Waals surface area contributed by atoms with E-state index in [0.717, 1.165) is 0 Å². The van der Waals surface area contributed by atoms with Gasteiger partial charge in [0, 0.05) is 18.5 Å². The summed E-state index contributed by atoms with van der Waals surface area (Å²) < 4.78 is 13.1. The number of alkyl halides is 1. The molecule has 1 rings (SSSR count). The van der Waals surface area contributed by atoms with E-state index in [2.05, 4.69) is 5.32 Å². The summed E-state index contributed by atoms with van der Waals surface area (Å²) in [4.78, 5) is 13.1. The van der Waals surface area contributed by atoms with Crippen molar-refractivity contribution in [3.8, 4) is 6.07 Å². The number of amides is 1. The number of nitrogens with one attached hydrogen (secondary N) is 1. The van der Waals surface area contributed by atoms with Gasteiger partial charge in [0.15, 0.2) is 0 Å². The molecule has 0 radical (unpaired) electrons. The first-order valence-corrected chi connectivity index (χ1v) is 5.68. The Bertz CT molecular complexity index is 335. The zero-order valence-corrected chi connectivity index (χ0v) is 12.7. The number of hydrogen-bond donors (Lipinski definition) is 2. The zero-order chi connectivity index (χ0) is 13.1. The Morgan fingerprint density at radius 2 is 2.16 bits per heavy atom. The van der Waals surface area contributed by atoms with Crippen LogP contribution in [0.4, 0.5) is 4.39 Å². The third kappa shape index (κ3) is 5.91. The molecule has 0 aromatic carbocycles. The normalized spacial score (nSPS) is 22.2. The molecule has 8 heteroatoms. The fourth-order valence-corrected chi connectivity index (χ4v) is 1.67. The number of halogens is 3. The molecule has 1 heterocycles. The van der Waals surface area contributed by atoms with Gasteiger partial charge < -0.3 is 16.0 Å². The maximum absolute atomic E-state index is 13.1. The van der Waals surface area contributed by atoms with Crippen molar-refractivity contribution in [2.24, 2.45) is 5.73 Å². The Morgan fingerprint density at radius 3 is 2.63 bits per heavy atom. The summed E-state index contributed by atoms with van der Waals surface area (Å²) in [5, 5.41) is 11.8. The maximum Gasteiger partial charge on any atom is 0.237 e. The smallest absolute Gasteiger partial charge is 0.237 e. The van der Waals surface area contributed by atoms with Crippen molar-refractivity contribution in [3.05, 3.63) is 0 Å². The zero-order valence-electron chi connectivity index (χ0n) is 11.1. The number of nitrogens with two attached hydrogens (primary N) is 1. The Balaban J connectivity index is 0. The molecule has 0 aromatic heterocycles. The third-order valence-electron chi connectivity index (χ3n) is 2.95. The molecule has 0 spiro atoms. The second-order valence-electron chi connectivity index (χ2n) is 4.97. The number of hydrogen-bond acceptors (Lipinski definition) is 4. The quantitative estimate of drug-likeness (QED) is 0.797. The van der Waals surface area contributed by atoms with Crippen molar-refractivity contribution >= 4 is 30.7 Å². The molecule has 1 aliphatic rings. The van der Waals surface area contributed by atoms with Gasteiger partial charge in [-0.15, -0.1) is 24.8 Å². The predicted molar refractivity (Wildman–Crippen MR) is 76.3 cm³/mol. The van der Waals surface area contributed by atoms with Crippen LogP contribution in [-0.2, 0) is 4.79 Å². The lowest BCUT2D eigenvalue weighted by Gasteiger charge is -2.26. The van der Waals surface area contributed by atoms with Gasteiger partial charge >= 0.3 is 0 Å². The number of nitrogens with zero attached hydrogens (tertiary/aromatic N) is 2. The van der Waals surface area contributed by atoms with Gasteiger partial charge in [-0.25, -0.2) is 4.39 Å². The van der Waals surface area contributed by atoms with Gasteiger partial charge in [-0.05, 0) is 13.8 Å². The highest BCUT2D eigenvalue weighted by Gasteiger charge is 2.35. The second kappa shape index (κ2) is 8.54. The number of likely N-dealkylation sites (tertiary alicyclic amines) is 1. The van der Waals surface area contributed by atoms with Crippen molar-refractivity contribution in [1.82, 2.24) is 10.2 Å². The van der Waals surface area contributed by atoms with Crippen molar-refractivity contribution in [2.75, 3.05) is 19.6 Å². The summed E-state index contributed by atoms with van der Waals surface area (Å²) in [6, 6.07) is 1.31. The highest BCUT2D eigenvalue weighted by Crippen LogP contribution is 2.19. The molecule has 1 fully saturated rings. The number of carbonyl (C=O) groups excluding carboxylic acids is 1. The van der Waals surface area contributed by atoms with Crippen molar-refractivity contribution < 1.29 is 9.18 Å². The lowest BCUT2D eigenvalue weighted by atomic mass is 10.1. The SMILES string of the molecule is CC(C)(CN)NCC(=O)N1CC(F)CC1C#N.Cl.Cl. The number of rotatable bonds is 4. The molecule has 2 atom stereocenters. The minimum Gasteiger partial charge on any atom is -0.329 e. The highest BCUT2D eigenvalue weighted by molar-refractivity contribution is 5.85. The molecule has 5 nitrogen and oxygen atoms in total. The van der Waals surface area contributed by atoms with Gasteiger partial charge in [-0.3, -0.25) is 4.79 Å². The minimum atomic E-state index is -1.09. The highest BCUT2D eigenvalue weighted by atomic mass is 35.5. The molecule has 1 saturated heterocycles. The van der Waals surface area contributed by atoms with E-state index in [1.807, 2.05) is 19.9 Å². The van der Waals surface area contributed by atoms with E-state index in [-0.39, 0.29) is 55.8 Å². The molecule has 3 N–H and O–H groups in total. The maximum atomic E-state index is 13.1. The topological polar surface area (TPSA) is 82.2 Å². The average molecular weight is 315 g/mol. The molecule has 0 aliphatic carbocycles. The van der Waals surface area contributed by atoms with E-state index in [1.165, 1.54) is 4.90 Å². The van der Waals surface area contributed by atoms with Crippen LogP contribution in [0, 0.1) is 11.3 Å². The average Bonchev–Trinajstić information content (AvgIpc) is 2.67. The Labute approximate surface area is 125 Å². The Hall–Kier alpha value is -0.610. The first-order valence-electron chi connectivity index (χ1n) is 5.68. The van der Waals surface area contributed by atoms with E-state index < -0.39 is 12.2 Å². The molecular formula is C11H21Cl2FN4O. The van der Waals surface area contributed by atoms with Crippen LogP contribution in [0.15, 0.2) is 0 Å². The van der Waals surface area contributed by atoms with Crippen LogP contribution in [0.25, 0.3) is 0 Å². The van der Waals surface area contributed by atoms with Gasteiger partial charge in [-0.2, -0.15) is 5.26 Å². The molecule has 2 unspecified atom stereocenters. The monoisotopic (exact) mass is 314 g/mol. The van der Waals surface area contributed by atoms with E-state index >= 15 is 0 Å². The Morgan fingerprint density at radius 1 is 1.58 bits per heavy atom. The summed E-state index contributed by atoms with van der Waals surface area (Å²) in [7, 11) is 0. The fourth-order valence-electron chi connectivity index (χ4n) is 1.67. The summed E-state index contributed by atoms with van der Waals surface area (Å²) in [5.74, 6) is -0.252. The molecule has 1 amide bonds. The largest absolute Gasteiger partial charge is 0.329 e. The molecule has 0 aromatic rings. The van der Waals surface area contributed by atoms with Gasteiger partial charge in [-0.1, -0.05) is 0 Å². The summed E-state index contributed by atoms with van der Waals surface area (Å²) >= 11 is 0. The summed E-state index contributed by atoms with van der Waals surface area (Å²) in [6.45, 7) is 4.25. The third-order valence-corrected chi connectivity index (χ3v) is 2.95.